The zero-order valence-electron chi connectivity index (χ0n) is 36.9. The maximum Gasteiger partial charge on any atom is 0.246 e. The van der Waals surface area contributed by atoms with Crippen LogP contribution in [0.1, 0.15) is 70.2 Å². The number of amides is 5. The number of primary amides is 2. The van der Waals surface area contributed by atoms with Gasteiger partial charge < -0.3 is 92.8 Å². The smallest absolute Gasteiger partial charge is 0.246 e. The monoisotopic (exact) mass is 953 g/mol. The number of ether oxygens (including phenoxy) is 5. The summed E-state index contributed by atoms with van der Waals surface area (Å²) in [5, 5.41) is 75.9. The second-order valence-electron chi connectivity index (χ2n) is 17.4. The first kappa shape index (κ1) is 52.1. The fourth-order valence-electron chi connectivity index (χ4n) is 7.91. The van der Waals surface area contributed by atoms with Gasteiger partial charge in [-0.1, -0.05) is 31.5 Å². The summed E-state index contributed by atoms with van der Waals surface area (Å²) in [6.45, 7) is 5.70. The Kier molecular flexibility index (Phi) is 17.2. The minimum absolute atomic E-state index is 0.0178. The molecule has 5 amide bonds. The van der Waals surface area contributed by atoms with E-state index in [9.17, 15) is 54.6 Å². The van der Waals surface area contributed by atoms with Gasteiger partial charge in [0.25, 0.3) is 0 Å². The molecule has 0 aliphatic carbocycles. The molecular weight excluding hydrogens is 894 g/mol. The third kappa shape index (κ3) is 12.1. The van der Waals surface area contributed by atoms with Gasteiger partial charge >= 0.3 is 0 Å². The second kappa shape index (κ2) is 21.8. The first-order valence-corrected chi connectivity index (χ1v) is 21.5. The summed E-state index contributed by atoms with van der Waals surface area (Å²) >= 11 is 6.72. The minimum atomic E-state index is -1.86. The molecule has 0 aromatic heterocycles. The molecule has 0 radical (unpaired) electrons. The van der Waals surface area contributed by atoms with E-state index < -0.39 is 151 Å². The first-order chi connectivity index (χ1) is 30.9. The fraction of sp³-hybridized carbons (Fsp3) is 0.595. The van der Waals surface area contributed by atoms with Gasteiger partial charge in [-0.3, -0.25) is 24.0 Å². The number of nitrogens with two attached hydrogens (primary N) is 3. The molecule has 66 heavy (non-hydrogen) atoms. The Hall–Kier alpha value is -4.92. The number of likely N-dealkylation sites (N-methyl/N-ethyl adjacent to an activating group) is 1. The number of phenols is 1. The molecule has 24 heteroatoms. The van der Waals surface area contributed by atoms with E-state index in [4.69, 9.17) is 52.5 Å². The number of fused-ring (bicyclic) bond motifs is 9. The van der Waals surface area contributed by atoms with Crippen molar-refractivity contribution < 1.29 is 78.3 Å². The number of nitrogens with one attached hydrogen (secondary N) is 4. The molecular formula is C42H60ClN7O16. The number of aliphatic hydroxyl groups is 5. The summed E-state index contributed by atoms with van der Waals surface area (Å²) in [4.78, 5) is 66.7. The Bertz CT molecular complexity index is 2100. The van der Waals surface area contributed by atoms with Crippen LogP contribution in [0.15, 0.2) is 30.3 Å². The molecule has 6 rings (SSSR count). The highest BCUT2D eigenvalue weighted by Crippen LogP contribution is 2.45. The predicted molar refractivity (Wildman–Crippen MR) is 230 cm³/mol. The quantitative estimate of drug-likeness (QED) is 0.0944. The Morgan fingerprint density at radius 2 is 1.70 bits per heavy atom. The topological polar surface area (TPSA) is 379 Å². The molecule has 2 fully saturated rings. The number of aromatic hydroxyl groups is 1. The van der Waals surface area contributed by atoms with E-state index in [2.05, 4.69) is 21.3 Å². The van der Waals surface area contributed by atoms with Gasteiger partial charge in [0.15, 0.2) is 17.8 Å². The third-order valence-electron chi connectivity index (χ3n) is 11.6. The minimum Gasteiger partial charge on any atom is -0.504 e. The number of hydrogen-bond acceptors (Lipinski definition) is 18. The number of aliphatic hydroxyl groups excluding tert-OH is 5. The van der Waals surface area contributed by atoms with Crippen molar-refractivity contribution in [2.75, 3.05) is 20.3 Å². The number of hydrogen-bond donors (Lipinski definition) is 13. The average molecular weight is 954 g/mol. The van der Waals surface area contributed by atoms with Gasteiger partial charge in [0.2, 0.25) is 41.6 Å². The van der Waals surface area contributed by atoms with Crippen molar-refractivity contribution in [1.82, 2.24) is 21.3 Å². The molecule has 2 aromatic carbocycles. The molecule has 2 saturated heterocycles. The molecule has 16 N–H and O–H groups in total. The van der Waals surface area contributed by atoms with Crippen LogP contribution in [0.5, 0.6) is 23.0 Å². The maximum absolute atomic E-state index is 14.0. The van der Waals surface area contributed by atoms with Crippen molar-refractivity contribution in [3.8, 4) is 23.0 Å². The molecule has 4 aliphatic heterocycles. The second-order valence-corrected chi connectivity index (χ2v) is 17.8. The lowest BCUT2D eigenvalue weighted by molar-refractivity contribution is -0.288. The molecule has 4 bridgehead atoms. The van der Waals surface area contributed by atoms with Crippen molar-refractivity contribution in [3.63, 3.8) is 0 Å². The van der Waals surface area contributed by atoms with Gasteiger partial charge in [-0.25, -0.2) is 0 Å². The van der Waals surface area contributed by atoms with Crippen LogP contribution in [-0.4, -0.2) is 147 Å². The Labute approximate surface area is 384 Å². The summed E-state index contributed by atoms with van der Waals surface area (Å²) in [6, 6.07) is -0.474. The third-order valence-corrected chi connectivity index (χ3v) is 11.9. The number of rotatable bonds is 14. The average Bonchev–Trinajstić information content (AvgIpc) is 3.24. The Morgan fingerprint density at radius 3 is 2.29 bits per heavy atom. The zero-order valence-corrected chi connectivity index (χ0v) is 37.6. The molecule has 4 heterocycles. The maximum atomic E-state index is 14.0. The summed E-state index contributed by atoms with van der Waals surface area (Å²) in [7, 11) is 1.53. The van der Waals surface area contributed by atoms with Crippen LogP contribution < -0.4 is 47.9 Å². The predicted octanol–water partition coefficient (Wildman–Crippen LogP) is -2.33. The fourth-order valence-corrected chi connectivity index (χ4v) is 8.14. The van der Waals surface area contributed by atoms with Gasteiger partial charge in [0.1, 0.15) is 42.2 Å². The van der Waals surface area contributed by atoms with Gasteiger partial charge in [-0.2, -0.15) is 0 Å². The normalized spacial score (nSPS) is 32.1. The van der Waals surface area contributed by atoms with E-state index in [1.165, 1.54) is 25.2 Å². The van der Waals surface area contributed by atoms with Crippen LogP contribution in [0.3, 0.4) is 0 Å². The highest BCUT2D eigenvalue weighted by molar-refractivity contribution is 6.32. The van der Waals surface area contributed by atoms with Crippen LogP contribution in [0.4, 0.5) is 0 Å². The summed E-state index contributed by atoms with van der Waals surface area (Å²) in [6.07, 6.45) is -11.6. The zero-order chi connectivity index (χ0) is 48.9. The van der Waals surface area contributed by atoms with Gasteiger partial charge in [-0.05, 0) is 68.6 Å². The lowest BCUT2D eigenvalue weighted by atomic mass is 9.86. The van der Waals surface area contributed by atoms with E-state index in [1.54, 1.807) is 13.8 Å². The Morgan fingerprint density at radius 1 is 1.00 bits per heavy atom. The SMILES string of the molecule is CN[C@H](CC(C)C)C(=O)N[C@H]1C(=O)N[C@@H](CC(N)=O)C(=O)N[C@@H](C(N)=O)c2cc(O)c(OC3OC(CO)C(O)C(O)C3COC3CC(C)(N)C(O)C(C)O3)c(c2)Oc2ccc(cc2Cl)[C@H]1O. The number of phenolic OH excluding ortho intramolecular Hbond substituents is 1. The standard InChI is InChI=1S/C42H60ClN7O16/c1-16(2)8-22(47-5)38(59)50-31-32(54)18-6-7-25(21(43)9-18)64-26-11-19(30(37(45)58)49-39(60)23(12-28(44)53)48-40(31)61)10-24(52)35(26)66-41-20(33(55)34(56)27(14-51)65-41)15-62-29-13-42(4,46)36(57)17(3)63-29/h6-7,9-11,16-17,20,22-23,27,29-34,36,41,47,51-52,54-57H,8,12-15,46H2,1-5H3,(H2,44,53)(H2,45,58)(H,48,61)(H,49,60)(H,50,59)/t17?,20?,22-,23+,27?,29?,30-,31-,32-,33?,34?,36?,41?,42?/m1/s1. The number of halogens is 1. The molecule has 0 saturated carbocycles. The van der Waals surface area contributed by atoms with E-state index >= 15 is 0 Å². The van der Waals surface area contributed by atoms with Crippen molar-refractivity contribution in [1.29, 1.82) is 0 Å². The van der Waals surface area contributed by atoms with Crippen LogP contribution in [0, 0.1) is 11.8 Å². The van der Waals surface area contributed by atoms with E-state index in [0.29, 0.717) is 6.42 Å². The number of carbonyl (C=O) groups excluding carboxylic acids is 5. The highest BCUT2D eigenvalue weighted by atomic mass is 35.5. The molecule has 23 nitrogen and oxygen atoms in total. The molecule has 366 valence electrons. The lowest BCUT2D eigenvalue weighted by Gasteiger charge is -2.45. The van der Waals surface area contributed by atoms with Crippen molar-refractivity contribution in [2.24, 2.45) is 29.0 Å². The molecule has 14 atom stereocenters. The number of carbonyl (C=O) groups is 5. The summed E-state index contributed by atoms with van der Waals surface area (Å²) < 4.78 is 30.0. The largest absolute Gasteiger partial charge is 0.504 e. The van der Waals surface area contributed by atoms with Crippen LogP contribution in [0.2, 0.25) is 5.02 Å². The van der Waals surface area contributed by atoms with Crippen LogP contribution >= 0.6 is 11.6 Å². The van der Waals surface area contributed by atoms with Gasteiger partial charge in [0, 0.05) is 12.0 Å². The molecule has 0 spiro atoms. The Balaban J connectivity index is 1.59. The lowest BCUT2D eigenvalue weighted by Crippen LogP contribution is -2.61. The summed E-state index contributed by atoms with van der Waals surface area (Å²) in [5.41, 5.74) is 16.1. The van der Waals surface area contributed by atoms with E-state index in [-0.39, 0.29) is 34.2 Å². The van der Waals surface area contributed by atoms with E-state index in [1.807, 2.05) is 13.8 Å². The molecule has 2 aromatic rings. The van der Waals surface area contributed by atoms with Crippen molar-refractivity contribution in [3.05, 3.63) is 46.5 Å². The summed E-state index contributed by atoms with van der Waals surface area (Å²) in [5.74, 6) is -8.49. The highest BCUT2D eigenvalue weighted by Gasteiger charge is 2.48. The molecule has 9 unspecified atom stereocenters. The van der Waals surface area contributed by atoms with Gasteiger partial charge in [0.05, 0.1) is 54.9 Å². The van der Waals surface area contributed by atoms with Crippen molar-refractivity contribution in [2.45, 2.75) is 126 Å². The van der Waals surface area contributed by atoms with E-state index in [0.717, 1.165) is 12.1 Å². The van der Waals surface area contributed by atoms with Gasteiger partial charge in [-0.15, -0.1) is 0 Å². The molecule has 4 aliphatic rings. The van der Waals surface area contributed by atoms with Crippen molar-refractivity contribution >= 4 is 41.1 Å². The first-order valence-electron chi connectivity index (χ1n) is 21.2. The van der Waals surface area contributed by atoms with Crippen LogP contribution in [-0.2, 0) is 38.2 Å². The number of benzene rings is 2. The van der Waals surface area contributed by atoms with Crippen LogP contribution in [0.25, 0.3) is 0 Å².